The van der Waals surface area contributed by atoms with Gasteiger partial charge in [0.25, 0.3) is 5.91 Å². The van der Waals surface area contributed by atoms with E-state index >= 15 is 0 Å². The molecule has 0 aromatic heterocycles. The number of likely N-dealkylation sites (tertiary alicyclic amines) is 1. The number of alkyl halides is 1. The van der Waals surface area contributed by atoms with Crippen molar-refractivity contribution in [3.63, 3.8) is 0 Å². The summed E-state index contributed by atoms with van der Waals surface area (Å²) in [5.74, 6) is 1.12. The summed E-state index contributed by atoms with van der Waals surface area (Å²) in [4.78, 5) is 29.9. The Kier molecular flexibility index (Phi) is 8.99. The number of likely N-dealkylation sites (N-methyl/N-ethyl adjacent to an activating group) is 1. The summed E-state index contributed by atoms with van der Waals surface area (Å²) < 4.78 is 5.86. The molecular weight excluding hydrogens is 554 g/mol. The van der Waals surface area contributed by atoms with Gasteiger partial charge in [0.1, 0.15) is 6.10 Å². The molecule has 6 nitrogen and oxygen atoms in total. The van der Waals surface area contributed by atoms with Crippen LogP contribution in [0.5, 0.6) is 0 Å². The first-order valence-electron chi connectivity index (χ1n) is 13.7. The molecule has 0 spiro atoms. The SMILES string of the molecule is CN(CCN1C[C@H]2CC(OC(=O)Nc3ccccc3-c3ccccc3)C[C@H]2C1)C(=O)c1ccc(CCBr)cc1. The number of aryl methyl sites for hydroxylation is 1. The Morgan fingerprint density at radius 3 is 2.31 bits per heavy atom. The first-order valence-corrected chi connectivity index (χ1v) is 14.9. The van der Waals surface area contributed by atoms with Gasteiger partial charge in [-0.3, -0.25) is 10.1 Å². The maximum Gasteiger partial charge on any atom is 0.411 e. The Hall–Kier alpha value is -3.16. The van der Waals surface area contributed by atoms with Gasteiger partial charge in [0.05, 0.1) is 5.69 Å². The van der Waals surface area contributed by atoms with E-state index in [1.165, 1.54) is 5.56 Å². The van der Waals surface area contributed by atoms with Crippen molar-refractivity contribution in [1.29, 1.82) is 0 Å². The van der Waals surface area contributed by atoms with E-state index in [1.807, 2.05) is 90.8 Å². The smallest absolute Gasteiger partial charge is 0.411 e. The van der Waals surface area contributed by atoms with Crippen LogP contribution in [0, 0.1) is 11.8 Å². The molecule has 3 aromatic carbocycles. The zero-order valence-corrected chi connectivity index (χ0v) is 24.0. The number of anilines is 1. The van der Waals surface area contributed by atoms with Crippen LogP contribution in [0.3, 0.4) is 0 Å². The lowest BCUT2D eigenvalue weighted by Crippen LogP contribution is -2.36. The third kappa shape index (κ3) is 6.89. The van der Waals surface area contributed by atoms with Crippen molar-refractivity contribution in [3.8, 4) is 11.1 Å². The van der Waals surface area contributed by atoms with Crippen molar-refractivity contribution in [1.82, 2.24) is 9.80 Å². The van der Waals surface area contributed by atoms with Gasteiger partial charge in [-0.05, 0) is 60.4 Å². The Morgan fingerprint density at radius 2 is 1.62 bits per heavy atom. The minimum absolute atomic E-state index is 0.0530. The second kappa shape index (κ2) is 12.8. The molecule has 1 saturated heterocycles. The van der Waals surface area contributed by atoms with Crippen LogP contribution in [0.15, 0.2) is 78.9 Å². The molecular formula is C32H36BrN3O3. The van der Waals surface area contributed by atoms with Gasteiger partial charge in [0.15, 0.2) is 0 Å². The second-order valence-corrected chi connectivity index (χ2v) is 11.5. The van der Waals surface area contributed by atoms with E-state index in [-0.39, 0.29) is 18.1 Å². The lowest BCUT2D eigenvalue weighted by atomic mass is 10.0. The Bertz CT molecular complexity index is 1250. The summed E-state index contributed by atoms with van der Waals surface area (Å²) >= 11 is 3.46. The summed E-state index contributed by atoms with van der Waals surface area (Å²) in [6, 6.07) is 25.8. The number of hydrogen-bond acceptors (Lipinski definition) is 4. The van der Waals surface area contributed by atoms with E-state index in [0.717, 1.165) is 66.6 Å². The molecule has 2 amide bonds. The molecule has 1 N–H and O–H groups in total. The maximum atomic E-state index is 12.8. The van der Waals surface area contributed by atoms with Gasteiger partial charge in [-0.2, -0.15) is 0 Å². The number of carbonyl (C=O) groups is 2. The van der Waals surface area contributed by atoms with Gasteiger partial charge in [-0.15, -0.1) is 0 Å². The van der Waals surface area contributed by atoms with Crippen molar-refractivity contribution in [2.45, 2.75) is 25.4 Å². The molecule has 204 valence electrons. The zero-order chi connectivity index (χ0) is 27.2. The quantitative estimate of drug-likeness (QED) is 0.297. The normalized spacial score (nSPS) is 20.4. The molecule has 1 unspecified atom stereocenters. The van der Waals surface area contributed by atoms with Gasteiger partial charge >= 0.3 is 6.09 Å². The molecule has 1 heterocycles. The number of ether oxygens (including phenoxy) is 1. The van der Waals surface area contributed by atoms with Crippen LogP contribution in [-0.2, 0) is 11.2 Å². The molecule has 2 aliphatic rings. The molecule has 0 bridgehead atoms. The summed E-state index contributed by atoms with van der Waals surface area (Å²) in [6.45, 7) is 3.54. The summed E-state index contributed by atoms with van der Waals surface area (Å²) in [6.07, 6.45) is 2.30. The average molecular weight is 591 g/mol. The molecule has 39 heavy (non-hydrogen) atoms. The minimum Gasteiger partial charge on any atom is -0.446 e. The van der Waals surface area contributed by atoms with Crippen LogP contribution >= 0.6 is 15.9 Å². The molecule has 5 rings (SSSR count). The van der Waals surface area contributed by atoms with Crippen LogP contribution in [0.4, 0.5) is 10.5 Å². The highest BCUT2D eigenvalue weighted by molar-refractivity contribution is 9.09. The van der Waals surface area contributed by atoms with E-state index in [4.69, 9.17) is 4.74 Å². The van der Waals surface area contributed by atoms with Crippen LogP contribution < -0.4 is 5.32 Å². The molecule has 3 aromatic rings. The lowest BCUT2D eigenvalue weighted by Gasteiger charge is -2.23. The lowest BCUT2D eigenvalue weighted by molar-refractivity contribution is 0.0778. The average Bonchev–Trinajstić information content (AvgIpc) is 3.51. The first kappa shape index (κ1) is 27.4. The summed E-state index contributed by atoms with van der Waals surface area (Å²) in [7, 11) is 1.88. The highest BCUT2D eigenvalue weighted by Gasteiger charge is 2.42. The molecule has 3 atom stereocenters. The summed E-state index contributed by atoms with van der Waals surface area (Å²) in [5.41, 5.74) is 4.75. The fourth-order valence-electron chi connectivity index (χ4n) is 5.91. The number of fused-ring (bicyclic) bond motifs is 1. The zero-order valence-electron chi connectivity index (χ0n) is 22.4. The molecule has 2 fully saturated rings. The van der Waals surface area contributed by atoms with E-state index in [1.54, 1.807) is 0 Å². The molecule has 1 aliphatic heterocycles. The number of carbonyl (C=O) groups excluding carboxylic acids is 2. The molecule has 1 saturated carbocycles. The number of halogens is 1. The van der Waals surface area contributed by atoms with E-state index < -0.39 is 0 Å². The molecule has 7 heteroatoms. The van der Waals surface area contributed by atoms with Crippen LogP contribution in [-0.4, -0.2) is 66.5 Å². The van der Waals surface area contributed by atoms with Crippen LogP contribution in [0.25, 0.3) is 11.1 Å². The first-order chi connectivity index (χ1) is 19.0. The number of para-hydroxylation sites is 1. The van der Waals surface area contributed by atoms with Crippen molar-refractivity contribution < 1.29 is 14.3 Å². The third-order valence-electron chi connectivity index (χ3n) is 7.99. The highest BCUT2D eigenvalue weighted by atomic mass is 79.9. The minimum atomic E-state index is -0.388. The fraction of sp³-hybridized carbons (Fsp3) is 0.375. The number of nitrogens with one attached hydrogen (secondary N) is 1. The van der Waals surface area contributed by atoms with E-state index in [0.29, 0.717) is 18.4 Å². The Morgan fingerprint density at radius 1 is 0.949 bits per heavy atom. The molecule has 0 radical (unpaired) electrons. The van der Waals surface area contributed by atoms with E-state index in [2.05, 4.69) is 26.1 Å². The standard InChI is InChI=1S/C32H36BrN3O3/c1-35(31(37)25-13-11-23(12-14-25)15-16-33)17-18-36-21-26-19-28(20-27(26)22-36)39-32(38)34-30-10-6-5-9-29(30)24-7-3-2-4-8-24/h2-14,26-28H,15-22H2,1H3,(H,34,38)/t26-,27+,28?. The van der Waals surface area contributed by atoms with Gasteiger partial charge in [-0.1, -0.05) is 76.6 Å². The molecule has 1 aliphatic carbocycles. The Balaban J connectivity index is 1.06. The van der Waals surface area contributed by atoms with E-state index in [9.17, 15) is 9.59 Å². The topological polar surface area (TPSA) is 61.9 Å². The number of hydrogen-bond donors (Lipinski definition) is 1. The predicted octanol–water partition coefficient (Wildman–Crippen LogP) is 6.32. The van der Waals surface area contributed by atoms with Crippen molar-refractivity contribution in [2.24, 2.45) is 11.8 Å². The Labute approximate surface area is 239 Å². The number of amides is 2. The van der Waals surface area contributed by atoms with Gasteiger partial charge in [0, 0.05) is 49.7 Å². The van der Waals surface area contributed by atoms with Gasteiger partial charge in [0.2, 0.25) is 0 Å². The number of benzene rings is 3. The van der Waals surface area contributed by atoms with Crippen LogP contribution in [0.2, 0.25) is 0 Å². The maximum absolute atomic E-state index is 12.8. The fourth-order valence-corrected chi connectivity index (χ4v) is 6.37. The second-order valence-electron chi connectivity index (χ2n) is 10.7. The van der Waals surface area contributed by atoms with Gasteiger partial charge < -0.3 is 14.5 Å². The van der Waals surface area contributed by atoms with Crippen molar-refractivity contribution >= 4 is 33.6 Å². The monoisotopic (exact) mass is 589 g/mol. The van der Waals surface area contributed by atoms with Crippen molar-refractivity contribution in [2.75, 3.05) is 43.9 Å². The predicted molar refractivity (Wildman–Crippen MR) is 159 cm³/mol. The highest BCUT2D eigenvalue weighted by Crippen LogP contribution is 2.39. The number of rotatable bonds is 9. The largest absolute Gasteiger partial charge is 0.446 e. The third-order valence-corrected chi connectivity index (χ3v) is 8.38. The van der Waals surface area contributed by atoms with Crippen molar-refractivity contribution in [3.05, 3.63) is 90.0 Å². The summed E-state index contributed by atoms with van der Waals surface area (Å²) in [5, 5.41) is 3.88. The van der Waals surface area contributed by atoms with Gasteiger partial charge in [-0.25, -0.2) is 4.79 Å². The number of nitrogens with zero attached hydrogens (tertiary/aromatic N) is 2. The van der Waals surface area contributed by atoms with Crippen LogP contribution in [0.1, 0.15) is 28.8 Å².